The summed E-state index contributed by atoms with van der Waals surface area (Å²) in [6.45, 7) is -0.173. The first-order valence-electron chi connectivity index (χ1n) is 4.97. The van der Waals surface area contributed by atoms with E-state index < -0.39 is 23.5 Å². The number of hydrogen-bond donors (Lipinski definition) is 2. The number of hydrogen-bond acceptors (Lipinski definition) is 3. The van der Waals surface area contributed by atoms with Crippen LogP contribution in [-0.4, -0.2) is 31.7 Å². The maximum Gasteiger partial charge on any atom is 0.312 e. The number of aliphatic carboxylic acids is 1. The van der Waals surface area contributed by atoms with E-state index in [1.54, 1.807) is 14.1 Å². The van der Waals surface area contributed by atoms with Crippen LogP contribution in [0, 0.1) is 11.6 Å². The molecule has 1 atom stereocenters. The summed E-state index contributed by atoms with van der Waals surface area (Å²) in [5.74, 6) is -4.28. The van der Waals surface area contributed by atoms with E-state index in [1.807, 2.05) is 0 Å². The number of carboxylic acid groups (broad SMARTS) is 1. The molecule has 0 heterocycles. The number of halogens is 2. The highest BCUT2D eigenvalue weighted by molar-refractivity contribution is 5.77. The van der Waals surface area contributed by atoms with Crippen LogP contribution in [0.5, 0.6) is 0 Å². The van der Waals surface area contributed by atoms with E-state index in [0.717, 1.165) is 6.07 Å². The molecule has 0 saturated carbocycles. The van der Waals surface area contributed by atoms with Crippen LogP contribution < -0.4 is 10.6 Å². The molecule has 1 unspecified atom stereocenters. The summed E-state index contributed by atoms with van der Waals surface area (Å²) >= 11 is 0. The van der Waals surface area contributed by atoms with Crippen LogP contribution in [-0.2, 0) is 4.79 Å². The molecule has 6 heteroatoms. The van der Waals surface area contributed by atoms with E-state index in [1.165, 1.54) is 11.0 Å². The van der Waals surface area contributed by atoms with Gasteiger partial charge in [0, 0.05) is 20.6 Å². The van der Waals surface area contributed by atoms with E-state index in [4.69, 9.17) is 10.8 Å². The van der Waals surface area contributed by atoms with Crippen molar-refractivity contribution in [1.82, 2.24) is 0 Å². The molecule has 3 N–H and O–H groups in total. The van der Waals surface area contributed by atoms with Gasteiger partial charge in [-0.1, -0.05) is 0 Å². The van der Waals surface area contributed by atoms with Gasteiger partial charge in [-0.25, -0.2) is 8.78 Å². The third kappa shape index (κ3) is 2.71. The lowest BCUT2D eigenvalue weighted by Gasteiger charge is -2.17. The Morgan fingerprint density at radius 1 is 1.47 bits per heavy atom. The highest BCUT2D eigenvalue weighted by atomic mass is 19.2. The Balaban J connectivity index is 3.31. The van der Waals surface area contributed by atoms with Crippen molar-refractivity contribution in [2.24, 2.45) is 5.73 Å². The second-order valence-electron chi connectivity index (χ2n) is 3.86. The maximum atomic E-state index is 13.4. The van der Waals surface area contributed by atoms with Gasteiger partial charge in [-0.15, -0.1) is 0 Å². The van der Waals surface area contributed by atoms with Crippen molar-refractivity contribution >= 4 is 11.7 Å². The van der Waals surface area contributed by atoms with E-state index >= 15 is 0 Å². The van der Waals surface area contributed by atoms with Crippen LogP contribution in [0.3, 0.4) is 0 Å². The van der Waals surface area contributed by atoms with Crippen LogP contribution in [0.25, 0.3) is 0 Å². The molecule has 0 aliphatic heterocycles. The lowest BCUT2D eigenvalue weighted by molar-refractivity contribution is -0.138. The molecule has 1 aromatic rings. The van der Waals surface area contributed by atoms with Gasteiger partial charge in [0.15, 0.2) is 11.6 Å². The lowest BCUT2D eigenvalue weighted by Crippen LogP contribution is -2.22. The highest BCUT2D eigenvalue weighted by Gasteiger charge is 2.22. The molecule has 0 radical (unpaired) electrons. The van der Waals surface area contributed by atoms with Crippen molar-refractivity contribution in [1.29, 1.82) is 0 Å². The van der Waals surface area contributed by atoms with E-state index in [9.17, 15) is 13.6 Å². The SMILES string of the molecule is CN(C)c1cc(C(CN)C(=O)O)cc(F)c1F. The van der Waals surface area contributed by atoms with Crippen LogP contribution in [0.15, 0.2) is 12.1 Å². The fourth-order valence-electron chi connectivity index (χ4n) is 1.50. The molecule has 0 bridgehead atoms. The van der Waals surface area contributed by atoms with Crippen molar-refractivity contribution < 1.29 is 18.7 Å². The minimum absolute atomic E-state index is 0.000278. The third-order valence-corrected chi connectivity index (χ3v) is 2.45. The minimum atomic E-state index is -1.16. The molecule has 0 saturated heterocycles. The van der Waals surface area contributed by atoms with E-state index in [0.29, 0.717) is 0 Å². The quantitative estimate of drug-likeness (QED) is 0.834. The second-order valence-corrected chi connectivity index (χ2v) is 3.86. The number of nitrogens with two attached hydrogens (primary N) is 1. The lowest BCUT2D eigenvalue weighted by atomic mass is 9.98. The molecule has 0 spiro atoms. The number of carboxylic acids is 1. The Kier molecular flexibility index (Phi) is 4.01. The Hall–Kier alpha value is -1.69. The molecule has 0 aliphatic carbocycles. The Labute approximate surface area is 97.6 Å². The topological polar surface area (TPSA) is 66.6 Å². The fraction of sp³-hybridized carbons (Fsp3) is 0.364. The molecule has 17 heavy (non-hydrogen) atoms. The predicted molar refractivity (Wildman–Crippen MR) is 60.1 cm³/mol. The van der Waals surface area contributed by atoms with Gasteiger partial charge in [-0.05, 0) is 17.7 Å². The smallest absolute Gasteiger partial charge is 0.312 e. The van der Waals surface area contributed by atoms with Crippen molar-refractivity contribution in [3.05, 3.63) is 29.3 Å². The average Bonchev–Trinajstić information content (AvgIpc) is 2.22. The molecule has 0 fully saturated rings. The van der Waals surface area contributed by atoms with Crippen molar-refractivity contribution in [3.8, 4) is 0 Å². The van der Waals surface area contributed by atoms with Gasteiger partial charge in [-0.3, -0.25) is 4.79 Å². The molecule has 0 aliphatic rings. The summed E-state index contributed by atoms with van der Waals surface area (Å²) in [7, 11) is 3.08. The Morgan fingerprint density at radius 2 is 2.06 bits per heavy atom. The number of carbonyl (C=O) groups is 1. The fourth-order valence-corrected chi connectivity index (χ4v) is 1.50. The number of anilines is 1. The zero-order valence-electron chi connectivity index (χ0n) is 9.58. The monoisotopic (exact) mass is 244 g/mol. The molecule has 4 nitrogen and oxygen atoms in total. The average molecular weight is 244 g/mol. The zero-order chi connectivity index (χ0) is 13.2. The molecular formula is C11H14F2N2O2. The summed E-state index contributed by atoms with van der Waals surface area (Å²) in [4.78, 5) is 12.3. The first-order chi connectivity index (χ1) is 7.88. The molecule has 94 valence electrons. The van der Waals surface area contributed by atoms with Gasteiger partial charge in [0.1, 0.15) is 0 Å². The van der Waals surface area contributed by atoms with E-state index in [-0.39, 0.29) is 17.8 Å². The van der Waals surface area contributed by atoms with Gasteiger partial charge >= 0.3 is 5.97 Å². The van der Waals surface area contributed by atoms with E-state index in [2.05, 4.69) is 0 Å². The van der Waals surface area contributed by atoms with Gasteiger partial charge in [0.25, 0.3) is 0 Å². The summed E-state index contributed by atoms with van der Waals surface area (Å²) in [5.41, 5.74) is 5.46. The maximum absolute atomic E-state index is 13.4. The minimum Gasteiger partial charge on any atom is -0.481 e. The van der Waals surface area contributed by atoms with Crippen molar-refractivity contribution in [2.45, 2.75) is 5.92 Å². The normalized spacial score (nSPS) is 12.3. The molecule has 1 aromatic carbocycles. The first-order valence-corrected chi connectivity index (χ1v) is 4.97. The molecular weight excluding hydrogens is 230 g/mol. The van der Waals surface area contributed by atoms with Crippen molar-refractivity contribution in [3.63, 3.8) is 0 Å². The highest BCUT2D eigenvalue weighted by Crippen LogP contribution is 2.26. The first kappa shape index (κ1) is 13.4. The van der Waals surface area contributed by atoms with Crippen LogP contribution in [0.2, 0.25) is 0 Å². The molecule has 0 amide bonds. The number of benzene rings is 1. The number of nitrogens with zero attached hydrogens (tertiary/aromatic N) is 1. The summed E-state index contributed by atoms with van der Waals surface area (Å²) in [5, 5.41) is 8.91. The van der Waals surface area contributed by atoms with Gasteiger partial charge in [-0.2, -0.15) is 0 Å². The van der Waals surface area contributed by atoms with Gasteiger partial charge in [0.05, 0.1) is 11.6 Å². The third-order valence-electron chi connectivity index (χ3n) is 2.45. The summed E-state index contributed by atoms with van der Waals surface area (Å²) in [6, 6.07) is 2.16. The van der Waals surface area contributed by atoms with Gasteiger partial charge < -0.3 is 15.7 Å². The standard InChI is InChI=1S/C11H14F2N2O2/c1-15(2)9-4-6(3-8(12)10(9)13)7(5-14)11(16)17/h3-4,7H,5,14H2,1-2H3,(H,16,17). The van der Waals surface area contributed by atoms with Gasteiger partial charge in [0.2, 0.25) is 0 Å². The van der Waals surface area contributed by atoms with Crippen LogP contribution in [0.1, 0.15) is 11.5 Å². The van der Waals surface area contributed by atoms with Crippen molar-refractivity contribution in [2.75, 3.05) is 25.5 Å². The predicted octanol–water partition coefficient (Wildman–Crippen LogP) is 1.16. The summed E-state index contributed by atoms with van der Waals surface area (Å²) < 4.78 is 26.7. The Morgan fingerprint density at radius 3 is 2.47 bits per heavy atom. The molecule has 0 aromatic heterocycles. The summed E-state index contributed by atoms with van der Waals surface area (Å²) in [6.07, 6.45) is 0. The largest absolute Gasteiger partial charge is 0.481 e. The Bertz CT molecular complexity index is 436. The van der Waals surface area contributed by atoms with Crippen LogP contribution in [0.4, 0.5) is 14.5 Å². The molecule has 1 rings (SSSR count). The zero-order valence-corrected chi connectivity index (χ0v) is 9.58. The number of rotatable bonds is 4. The second kappa shape index (κ2) is 5.09. The van der Waals surface area contributed by atoms with Crippen LogP contribution >= 0.6 is 0 Å².